The smallest absolute Gasteiger partial charge is 0.213 e. The first-order valence-corrected chi connectivity index (χ1v) is 6.40. The Balaban J connectivity index is 2.08. The quantitative estimate of drug-likeness (QED) is 0.856. The van der Waals surface area contributed by atoms with Crippen LogP contribution in [0.15, 0.2) is 60.5 Å². The topological polar surface area (TPSA) is 36.4 Å². The van der Waals surface area contributed by atoms with Crippen molar-refractivity contribution in [2.75, 3.05) is 11.4 Å². The summed E-state index contributed by atoms with van der Waals surface area (Å²) >= 11 is 0. The standard InChI is InChI=1S/C16H12F2N2O/c17-12-3-5-13(6-4-12)20-9-1-2-14(21)16(20)11-7-8-19-15(18)10-11/h1-8,10,21H,9H2. The molecule has 1 aromatic heterocycles. The largest absolute Gasteiger partial charge is 0.506 e. The normalized spacial score (nSPS) is 14.7. The maximum atomic E-state index is 13.3. The molecule has 0 atom stereocenters. The molecule has 0 radical (unpaired) electrons. The van der Waals surface area contributed by atoms with E-state index in [1.165, 1.54) is 24.4 Å². The lowest BCUT2D eigenvalue weighted by atomic mass is 10.1. The number of hydrogen-bond donors (Lipinski definition) is 1. The van der Waals surface area contributed by atoms with Crippen LogP contribution in [0.25, 0.3) is 5.70 Å². The van der Waals surface area contributed by atoms with Crippen molar-refractivity contribution in [3.05, 3.63) is 77.8 Å². The number of halogens is 2. The number of pyridine rings is 1. The Morgan fingerprint density at radius 3 is 2.57 bits per heavy atom. The number of aliphatic hydroxyl groups excluding tert-OH is 1. The average molecular weight is 286 g/mol. The van der Waals surface area contributed by atoms with E-state index in [0.717, 1.165) is 0 Å². The third-order valence-electron chi connectivity index (χ3n) is 3.21. The van der Waals surface area contributed by atoms with Crippen molar-refractivity contribution < 1.29 is 13.9 Å². The molecule has 0 fully saturated rings. The van der Waals surface area contributed by atoms with E-state index in [9.17, 15) is 13.9 Å². The van der Waals surface area contributed by atoms with E-state index in [4.69, 9.17) is 0 Å². The highest BCUT2D eigenvalue weighted by atomic mass is 19.1. The number of nitrogens with zero attached hydrogens (tertiary/aromatic N) is 2. The Kier molecular flexibility index (Phi) is 3.39. The van der Waals surface area contributed by atoms with E-state index in [0.29, 0.717) is 23.5 Å². The number of allylic oxidation sites excluding steroid dienone is 1. The zero-order valence-corrected chi connectivity index (χ0v) is 11.0. The first-order chi connectivity index (χ1) is 10.1. The second-order valence-electron chi connectivity index (χ2n) is 4.59. The Labute approximate surface area is 120 Å². The predicted molar refractivity (Wildman–Crippen MR) is 76.6 cm³/mol. The van der Waals surface area contributed by atoms with Crippen LogP contribution in [0.4, 0.5) is 14.5 Å². The average Bonchev–Trinajstić information content (AvgIpc) is 2.48. The number of hydrogen-bond acceptors (Lipinski definition) is 3. The summed E-state index contributed by atoms with van der Waals surface area (Å²) in [5, 5.41) is 10.1. The van der Waals surface area contributed by atoms with Crippen molar-refractivity contribution in [1.29, 1.82) is 0 Å². The molecule has 2 heterocycles. The van der Waals surface area contributed by atoms with Crippen LogP contribution in [-0.2, 0) is 0 Å². The van der Waals surface area contributed by atoms with Crippen LogP contribution in [0.3, 0.4) is 0 Å². The molecule has 0 spiro atoms. The van der Waals surface area contributed by atoms with E-state index in [1.807, 2.05) is 0 Å². The maximum Gasteiger partial charge on any atom is 0.213 e. The minimum atomic E-state index is -0.624. The van der Waals surface area contributed by atoms with Gasteiger partial charge in [-0.05, 0) is 36.4 Å². The SMILES string of the molecule is OC1=C(c2ccnc(F)c2)N(c2ccc(F)cc2)CC=C1. The molecule has 106 valence electrons. The van der Waals surface area contributed by atoms with E-state index in [1.54, 1.807) is 35.3 Å². The molecule has 1 aliphatic heterocycles. The van der Waals surface area contributed by atoms with Crippen LogP contribution in [0.2, 0.25) is 0 Å². The molecule has 3 nitrogen and oxygen atoms in total. The summed E-state index contributed by atoms with van der Waals surface area (Å²) in [5.74, 6) is -0.936. The van der Waals surface area contributed by atoms with Crippen LogP contribution in [0.5, 0.6) is 0 Å². The van der Waals surface area contributed by atoms with Gasteiger partial charge in [0.2, 0.25) is 5.95 Å². The molecular weight excluding hydrogens is 274 g/mol. The van der Waals surface area contributed by atoms with Gasteiger partial charge in [0, 0.05) is 30.1 Å². The fourth-order valence-electron chi connectivity index (χ4n) is 2.29. The summed E-state index contributed by atoms with van der Waals surface area (Å²) in [6.07, 6.45) is 4.68. The minimum Gasteiger partial charge on any atom is -0.506 e. The van der Waals surface area contributed by atoms with Crippen LogP contribution in [0, 0.1) is 11.8 Å². The van der Waals surface area contributed by atoms with Crippen LogP contribution < -0.4 is 4.90 Å². The van der Waals surface area contributed by atoms with Gasteiger partial charge in [-0.1, -0.05) is 6.08 Å². The second-order valence-corrected chi connectivity index (χ2v) is 4.59. The van der Waals surface area contributed by atoms with Crippen LogP contribution in [0.1, 0.15) is 5.56 Å². The molecule has 0 saturated carbocycles. The Hall–Kier alpha value is -2.69. The maximum absolute atomic E-state index is 13.3. The van der Waals surface area contributed by atoms with Gasteiger partial charge in [-0.15, -0.1) is 0 Å². The number of benzene rings is 1. The monoisotopic (exact) mass is 286 g/mol. The zero-order valence-electron chi connectivity index (χ0n) is 11.0. The summed E-state index contributed by atoms with van der Waals surface area (Å²) in [4.78, 5) is 5.29. The second kappa shape index (κ2) is 5.36. The van der Waals surface area contributed by atoms with E-state index < -0.39 is 5.95 Å². The Bertz CT molecular complexity index is 723. The first kappa shape index (κ1) is 13.3. The Morgan fingerprint density at radius 1 is 1.10 bits per heavy atom. The lowest BCUT2D eigenvalue weighted by Gasteiger charge is -2.29. The third-order valence-corrected chi connectivity index (χ3v) is 3.21. The van der Waals surface area contributed by atoms with Gasteiger partial charge in [-0.3, -0.25) is 0 Å². The molecule has 2 aromatic rings. The van der Waals surface area contributed by atoms with E-state index in [-0.39, 0.29) is 11.6 Å². The van der Waals surface area contributed by atoms with Crippen molar-refractivity contribution in [2.45, 2.75) is 0 Å². The molecule has 0 unspecified atom stereocenters. The van der Waals surface area contributed by atoms with Crippen molar-refractivity contribution in [3.63, 3.8) is 0 Å². The minimum absolute atomic E-state index is 0.0242. The molecule has 5 heteroatoms. The fourth-order valence-corrected chi connectivity index (χ4v) is 2.29. The number of aromatic nitrogens is 1. The molecule has 1 aliphatic rings. The third kappa shape index (κ3) is 2.63. The summed E-state index contributed by atoms with van der Waals surface area (Å²) in [6, 6.07) is 8.77. The fraction of sp³-hybridized carbons (Fsp3) is 0.0625. The van der Waals surface area contributed by atoms with Crippen LogP contribution >= 0.6 is 0 Å². The molecule has 0 amide bonds. The van der Waals surface area contributed by atoms with Crippen LogP contribution in [-0.4, -0.2) is 16.6 Å². The highest BCUT2D eigenvalue weighted by Gasteiger charge is 2.20. The number of rotatable bonds is 2. The molecule has 0 bridgehead atoms. The highest BCUT2D eigenvalue weighted by molar-refractivity contribution is 5.83. The molecule has 0 aliphatic carbocycles. The van der Waals surface area contributed by atoms with Crippen molar-refractivity contribution in [3.8, 4) is 0 Å². The van der Waals surface area contributed by atoms with Gasteiger partial charge in [0.25, 0.3) is 0 Å². The van der Waals surface area contributed by atoms with Crippen molar-refractivity contribution in [2.24, 2.45) is 0 Å². The summed E-state index contributed by atoms with van der Waals surface area (Å²) in [5.41, 5.74) is 1.68. The lowest BCUT2D eigenvalue weighted by Crippen LogP contribution is -2.25. The molecule has 3 rings (SSSR count). The molecular formula is C16H12F2N2O. The highest BCUT2D eigenvalue weighted by Crippen LogP contribution is 2.31. The first-order valence-electron chi connectivity index (χ1n) is 6.40. The lowest BCUT2D eigenvalue weighted by molar-refractivity contribution is 0.431. The van der Waals surface area contributed by atoms with Gasteiger partial charge in [0.05, 0.1) is 5.70 Å². The van der Waals surface area contributed by atoms with Crippen molar-refractivity contribution in [1.82, 2.24) is 4.98 Å². The van der Waals surface area contributed by atoms with Gasteiger partial charge in [0.15, 0.2) is 0 Å². The van der Waals surface area contributed by atoms with Crippen molar-refractivity contribution >= 4 is 11.4 Å². The molecule has 0 saturated heterocycles. The molecule has 1 aromatic carbocycles. The number of aliphatic hydroxyl groups is 1. The van der Waals surface area contributed by atoms with Gasteiger partial charge < -0.3 is 10.0 Å². The molecule has 21 heavy (non-hydrogen) atoms. The van der Waals surface area contributed by atoms with Gasteiger partial charge in [-0.2, -0.15) is 4.39 Å². The Morgan fingerprint density at radius 2 is 1.86 bits per heavy atom. The molecule has 1 N–H and O–H groups in total. The van der Waals surface area contributed by atoms with Gasteiger partial charge >= 0.3 is 0 Å². The van der Waals surface area contributed by atoms with Gasteiger partial charge in [-0.25, -0.2) is 9.37 Å². The van der Waals surface area contributed by atoms with E-state index >= 15 is 0 Å². The summed E-state index contributed by atoms with van der Waals surface area (Å²) < 4.78 is 26.4. The number of anilines is 1. The van der Waals surface area contributed by atoms with Gasteiger partial charge in [0.1, 0.15) is 11.6 Å². The zero-order chi connectivity index (χ0) is 14.8. The summed E-state index contributed by atoms with van der Waals surface area (Å²) in [6.45, 7) is 0.495. The van der Waals surface area contributed by atoms with E-state index in [2.05, 4.69) is 4.98 Å². The predicted octanol–water partition coefficient (Wildman–Crippen LogP) is 3.66. The summed E-state index contributed by atoms with van der Waals surface area (Å²) in [7, 11) is 0.